The van der Waals surface area contributed by atoms with Crippen molar-refractivity contribution in [2.24, 2.45) is 0 Å². The number of hydrogen-bond acceptors (Lipinski definition) is 4. The Labute approximate surface area is 107 Å². The van der Waals surface area contributed by atoms with Gasteiger partial charge in [-0.1, -0.05) is 15.9 Å². The van der Waals surface area contributed by atoms with E-state index in [0.29, 0.717) is 11.6 Å². The molecular weight excluding hydrogens is 280 g/mol. The molecule has 0 unspecified atom stereocenters. The fourth-order valence-corrected chi connectivity index (χ4v) is 2.03. The molecule has 5 heteroatoms. The Balaban J connectivity index is 2.28. The molecule has 0 aliphatic heterocycles. The van der Waals surface area contributed by atoms with Gasteiger partial charge < -0.3 is 5.32 Å². The Kier molecular flexibility index (Phi) is 3.35. The zero-order valence-corrected chi connectivity index (χ0v) is 10.7. The molecule has 2 aromatic rings. The number of nitrogens with one attached hydrogen (secondary N) is 1. The second-order valence-electron chi connectivity index (χ2n) is 3.52. The molecule has 1 aromatic carbocycles. The van der Waals surface area contributed by atoms with Gasteiger partial charge >= 0.3 is 0 Å². The van der Waals surface area contributed by atoms with Gasteiger partial charge in [-0.2, -0.15) is 5.26 Å². The molecule has 0 atom stereocenters. The largest absolute Gasteiger partial charge is 0.324 e. The van der Waals surface area contributed by atoms with Gasteiger partial charge in [-0.05, 0) is 36.8 Å². The lowest BCUT2D eigenvalue weighted by molar-refractivity contribution is 1.14. The summed E-state index contributed by atoms with van der Waals surface area (Å²) in [7, 11) is 0. The van der Waals surface area contributed by atoms with E-state index >= 15 is 0 Å². The molecule has 0 bridgehead atoms. The molecule has 2 rings (SSSR count). The lowest BCUT2D eigenvalue weighted by atomic mass is 10.2. The molecule has 0 amide bonds. The van der Waals surface area contributed by atoms with Crippen molar-refractivity contribution < 1.29 is 0 Å². The molecule has 4 nitrogen and oxygen atoms in total. The topological polar surface area (TPSA) is 61.6 Å². The van der Waals surface area contributed by atoms with Crippen molar-refractivity contribution in [1.82, 2.24) is 9.97 Å². The number of hydrogen-bond donors (Lipinski definition) is 1. The van der Waals surface area contributed by atoms with Gasteiger partial charge in [0.1, 0.15) is 11.8 Å². The van der Waals surface area contributed by atoms with Crippen molar-refractivity contribution in [2.75, 3.05) is 5.32 Å². The highest BCUT2D eigenvalue weighted by Crippen LogP contribution is 2.21. The van der Waals surface area contributed by atoms with Crippen LogP contribution in [-0.4, -0.2) is 9.97 Å². The third-order valence-corrected chi connectivity index (χ3v) is 2.53. The van der Waals surface area contributed by atoms with E-state index < -0.39 is 0 Å². The van der Waals surface area contributed by atoms with Gasteiger partial charge in [0.15, 0.2) is 0 Å². The Morgan fingerprint density at radius 1 is 1.35 bits per heavy atom. The predicted octanol–water partition coefficient (Wildman–Crippen LogP) is 3.16. The maximum atomic E-state index is 8.74. The Morgan fingerprint density at radius 3 is 2.88 bits per heavy atom. The van der Waals surface area contributed by atoms with Crippen LogP contribution in [0.1, 0.15) is 11.3 Å². The highest BCUT2D eigenvalue weighted by molar-refractivity contribution is 9.10. The number of nitrogens with zero attached hydrogens (tertiary/aromatic N) is 3. The highest BCUT2D eigenvalue weighted by atomic mass is 79.9. The van der Waals surface area contributed by atoms with Gasteiger partial charge in [-0.25, -0.2) is 9.97 Å². The van der Waals surface area contributed by atoms with Gasteiger partial charge in [-0.3, -0.25) is 0 Å². The van der Waals surface area contributed by atoms with E-state index in [1.807, 2.05) is 31.2 Å². The van der Waals surface area contributed by atoms with Crippen LogP contribution in [0.3, 0.4) is 0 Å². The number of halogens is 1. The van der Waals surface area contributed by atoms with E-state index in [9.17, 15) is 0 Å². The van der Waals surface area contributed by atoms with Crippen molar-refractivity contribution in [1.29, 1.82) is 5.26 Å². The van der Waals surface area contributed by atoms with Crippen molar-refractivity contribution in [3.8, 4) is 6.07 Å². The van der Waals surface area contributed by atoms with Crippen LogP contribution in [0.2, 0.25) is 0 Å². The average Bonchev–Trinajstić information content (AvgIpc) is 2.28. The van der Waals surface area contributed by atoms with Crippen molar-refractivity contribution in [3.63, 3.8) is 0 Å². The van der Waals surface area contributed by atoms with E-state index in [1.54, 1.807) is 12.3 Å². The minimum Gasteiger partial charge on any atom is -0.324 e. The predicted molar refractivity (Wildman–Crippen MR) is 68.9 cm³/mol. The minimum atomic E-state index is 0.342. The van der Waals surface area contributed by atoms with E-state index in [1.165, 1.54) is 0 Å². The van der Waals surface area contributed by atoms with Crippen LogP contribution >= 0.6 is 15.9 Å². The number of benzene rings is 1. The molecule has 1 N–H and O–H groups in total. The van der Waals surface area contributed by atoms with Crippen LogP contribution in [0.25, 0.3) is 0 Å². The van der Waals surface area contributed by atoms with Crippen LogP contribution in [0.4, 0.5) is 11.6 Å². The molecule has 0 fully saturated rings. The maximum Gasteiger partial charge on any atom is 0.228 e. The molecule has 0 spiro atoms. The summed E-state index contributed by atoms with van der Waals surface area (Å²) < 4.78 is 0.983. The fourth-order valence-electron chi connectivity index (χ4n) is 1.42. The summed E-state index contributed by atoms with van der Waals surface area (Å²) in [6.07, 6.45) is 1.55. The van der Waals surface area contributed by atoms with Crippen LogP contribution in [0, 0.1) is 18.3 Å². The summed E-state index contributed by atoms with van der Waals surface area (Å²) in [6.45, 7) is 2.00. The zero-order chi connectivity index (χ0) is 12.3. The van der Waals surface area contributed by atoms with Crippen molar-refractivity contribution >= 4 is 27.6 Å². The molecule has 0 aliphatic rings. The standard InChI is InChI=1S/C12H9BrN4/c1-8-4-9(13)6-11(5-8)17-12-15-3-2-10(7-14)16-12/h2-6H,1H3,(H,15,16,17). The first-order valence-electron chi connectivity index (χ1n) is 4.95. The van der Waals surface area contributed by atoms with Gasteiger partial charge in [-0.15, -0.1) is 0 Å². The number of aryl methyl sites for hydroxylation is 1. The molecule has 1 heterocycles. The summed E-state index contributed by atoms with van der Waals surface area (Å²) in [5.74, 6) is 0.418. The molecule has 0 radical (unpaired) electrons. The molecular formula is C12H9BrN4. The number of aromatic nitrogens is 2. The lowest BCUT2D eigenvalue weighted by Gasteiger charge is -2.06. The molecule has 0 saturated heterocycles. The smallest absolute Gasteiger partial charge is 0.228 e. The van der Waals surface area contributed by atoms with Crippen LogP contribution < -0.4 is 5.32 Å². The Bertz CT molecular complexity index is 569. The highest BCUT2D eigenvalue weighted by Gasteiger charge is 2.01. The van der Waals surface area contributed by atoms with Crippen LogP contribution in [-0.2, 0) is 0 Å². The van der Waals surface area contributed by atoms with E-state index in [0.717, 1.165) is 15.7 Å². The quantitative estimate of drug-likeness (QED) is 0.922. The fraction of sp³-hybridized carbons (Fsp3) is 0.0833. The van der Waals surface area contributed by atoms with Gasteiger partial charge in [0, 0.05) is 16.4 Å². The summed E-state index contributed by atoms with van der Waals surface area (Å²) in [5.41, 5.74) is 2.35. The van der Waals surface area contributed by atoms with Crippen molar-refractivity contribution in [3.05, 3.63) is 46.2 Å². The first-order valence-corrected chi connectivity index (χ1v) is 5.74. The second-order valence-corrected chi connectivity index (χ2v) is 4.44. The van der Waals surface area contributed by atoms with Crippen LogP contribution in [0.15, 0.2) is 34.9 Å². The van der Waals surface area contributed by atoms with Gasteiger partial charge in [0.25, 0.3) is 0 Å². The first kappa shape index (κ1) is 11.6. The molecule has 0 saturated carbocycles. The Morgan fingerprint density at radius 2 is 2.18 bits per heavy atom. The number of nitriles is 1. The number of rotatable bonds is 2. The van der Waals surface area contributed by atoms with Gasteiger partial charge in [0.2, 0.25) is 5.95 Å². The molecule has 84 valence electrons. The lowest BCUT2D eigenvalue weighted by Crippen LogP contribution is -1.98. The summed E-state index contributed by atoms with van der Waals surface area (Å²) in [6, 6.07) is 9.46. The zero-order valence-electron chi connectivity index (χ0n) is 9.11. The Hall–Kier alpha value is -1.93. The third-order valence-electron chi connectivity index (χ3n) is 2.07. The van der Waals surface area contributed by atoms with E-state index in [2.05, 4.69) is 31.2 Å². The number of anilines is 2. The summed E-state index contributed by atoms with van der Waals surface area (Å²) in [4.78, 5) is 8.10. The molecule has 17 heavy (non-hydrogen) atoms. The average molecular weight is 289 g/mol. The molecule has 0 aliphatic carbocycles. The minimum absolute atomic E-state index is 0.342. The first-order chi connectivity index (χ1) is 8.17. The SMILES string of the molecule is Cc1cc(Br)cc(Nc2nccc(C#N)n2)c1. The third kappa shape index (κ3) is 3.02. The summed E-state index contributed by atoms with van der Waals surface area (Å²) in [5, 5.41) is 11.8. The normalized spacial score (nSPS) is 9.71. The van der Waals surface area contributed by atoms with E-state index in [-0.39, 0.29) is 0 Å². The van der Waals surface area contributed by atoms with E-state index in [4.69, 9.17) is 5.26 Å². The van der Waals surface area contributed by atoms with Crippen molar-refractivity contribution in [2.45, 2.75) is 6.92 Å². The molecule has 1 aromatic heterocycles. The monoisotopic (exact) mass is 288 g/mol. The van der Waals surface area contributed by atoms with Crippen LogP contribution in [0.5, 0.6) is 0 Å². The second kappa shape index (κ2) is 4.93. The maximum absolute atomic E-state index is 8.74. The van der Waals surface area contributed by atoms with Gasteiger partial charge in [0.05, 0.1) is 0 Å². The summed E-state index contributed by atoms with van der Waals surface area (Å²) >= 11 is 3.42.